The third-order valence-corrected chi connectivity index (χ3v) is 14.0. The molecule has 1 aliphatic heterocycles. The lowest BCUT2D eigenvalue weighted by atomic mass is 9.88. The van der Waals surface area contributed by atoms with E-state index >= 15 is 0 Å². The second-order valence-corrected chi connectivity index (χ2v) is 17.3. The lowest BCUT2D eigenvalue weighted by molar-refractivity contribution is 0.968. The fourth-order valence-electron chi connectivity index (χ4n) is 11.3. The van der Waals surface area contributed by atoms with Crippen molar-refractivity contribution >= 4 is 93.9 Å². The van der Waals surface area contributed by atoms with Gasteiger partial charge in [0.15, 0.2) is 0 Å². The monoisotopic (exact) mass is 816 g/mol. The molecule has 1 aliphatic carbocycles. The topological polar surface area (TPSA) is 34.8 Å². The lowest BCUT2D eigenvalue weighted by Gasteiger charge is -2.28. The van der Waals surface area contributed by atoms with Crippen molar-refractivity contribution in [1.29, 1.82) is 0 Å². The molecule has 0 amide bonds. The first kappa shape index (κ1) is 35.4. The second-order valence-electron chi connectivity index (χ2n) is 17.3. The van der Waals surface area contributed by atoms with Crippen LogP contribution in [0, 0.1) is 0 Å². The summed E-state index contributed by atoms with van der Waals surface area (Å²) in [6.07, 6.45) is 11.4. The highest BCUT2D eigenvalue weighted by atomic mass is 15.0. The first-order chi connectivity index (χ1) is 31.8. The Morgan fingerprint density at radius 1 is 0.500 bits per heavy atom. The van der Waals surface area contributed by atoms with Gasteiger partial charge in [-0.2, -0.15) is 0 Å². The summed E-state index contributed by atoms with van der Waals surface area (Å²) in [6.45, 7) is 0. The number of fused-ring (bicyclic) bond motifs is 12. The number of rotatable bonds is 4. The highest BCUT2D eigenvalue weighted by molar-refractivity contribution is 6.18. The summed E-state index contributed by atoms with van der Waals surface area (Å²) < 4.78 is 5.00. The molecule has 1 N–H and O–H groups in total. The Morgan fingerprint density at radius 2 is 1.14 bits per heavy atom. The Hall–Kier alpha value is -8.21. The van der Waals surface area contributed by atoms with Crippen LogP contribution in [-0.4, -0.2) is 14.1 Å². The van der Waals surface area contributed by atoms with Crippen molar-refractivity contribution < 1.29 is 0 Å². The molecule has 4 heterocycles. The van der Waals surface area contributed by atoms with Crippen LogP contribution in [0.2, 0.25) is 0 Å². The molecule has 4 nitrogen and oxygen atoms in total. The van der Waals surface area contributed by atoms with Gasteiger partial charge in [-0.25, -0.2) is 4.98 Å². The van der Waals surface area contributed by atoms with Crippen molar-refractivity contribution in [3.05, 3.63) is 217 Å². The zero-order valence-corrected chi connectivity index (χ0v) is 35.0. The van der Waals surface area contributed by atoms with Crippen LogP contribution < -0.4 is 5.32 Å². The van der Waals surface area contributed by atoms with Crippen molar-refractivity contribution in [3.8, 4) is 22.5 Å². The third-order valence-electron chi connectivity index (χ3n) is 14.0. The minimum atomic E-state index is -0.104. The number of anilines is 1. The number of pyridine rings is 1. The molecule has 1 atom stereocenters. The molecule has 4 heteroatoms. The molecule has 14 rings (SSSR count). The number of para-hydroxylation sites is 3. The zero-order valence-electron chi connectivity index (χ0n) is 35.0. The van der Waals surface area contributed by atoms with E-state index < -0.39 is 0 Å². The third kappa shape index (κ3) is 5.02. The van der Waals surface area contributed by atoms with E-state index in [1.165, 1.54) is 93.6 Å². The molecule has 0 spiro atoms. The van der Waals surface area contributed by atoms with Crippen LogP contribution in [-0.2, 0) is 6.42 Å². The molecular formula is C60H40N4. The fourth-order valence-corrected chi connectivity index (χ4v) is 11.3. The molecule has 0 radical (unpaired) electrons. The van der Waals surface area contributed by atoms with E-state index in [1.807, 2.05) is 0 Å². The van der Waals surface area contributed by atoms with Gasteiger partial charge < -0.3 is 14.5 Å². The maximum Gasteiger partial charge on any atom is 0.0953 e. The predicted molar refractivity (Wildman–Crippen MR) is 270 cm³/mol. The molecule has 1 unspecified atom stereocenters. The number of aromatic nitrogens is 3. The van der Waals surface area contributed by atoms with Gasteiger partial charge in [0.25, 0.3) is 0 Å². The Bertz CT molecular complexity index is 3940. The van der Waals surface area contributed by atoms with Gasteiger partial charge in [-0.1, -0.05) is 164 Å². The van der Waals surface area contributed by atoms with Gasteiger partial charge in [0.05, 0.1) is 45.0 Å². The Morgan fingerprint density at radius 3 is 1.92 bits per heavy atom. The second kappa shape index (κ2) is 13.6. The molecule has 12 aromatic rings. The maximum absolute atomic E-state index is 5.39. The Balaban J connectivity index is 0.984. The summed E-state index contributed by atoms with van der Waals surface area (Å²) >= 11 is 0. The normalized spacial score (nSPS) is 14.6. The SMILES string of the molecule is C1=Cc2c(c3ccccc3n2-c2ccc3c(c2)c2ccccc2n3-c2c3ccccc3c(C3C=Cc4ccc5c(-c6ccccc6)c6ccccc6nc5c4N3)c3ccccc23)CC1. The summed E-state index contributed by atoms with van der Waals surface area (Å²) in [7, 11) is 0. The number of hydrogen-bond donors (Lipinski definition) is 1. The van der Waals surface area contributed by atoms with E-state index in [0.717, 1.165) is 45.9 Å². The number of allylic oxidation sites excluding steroid dienone is 1. The van der Waals surface area contributed by atoms with E-state index in [4.69, 9.17) is 4.98 Å². The van der Waals surface area contributed by atoms with Gasteiger partial charge in [0.1, 0.15) is 0 Å². The zero-order chi connectivity index (χ0) is 41.9. The van der Waals surface area contributed by atoms with Crippen molar-refractivity contribution in [2.24, 2.45) is 0 Å². The summed E-state index contributed by atoms with van der Waals surface area (Å²) in [5.74, 6) is 0. The predicted octanol–water partition coefficient (Wildman–Crippen LogP) is 15.5. The van der Waals surface area contributed by atoms with Crippen molar-refractivity contribution in [2.75, 3.05) is 5.32 Å². The van der Waals surface area contributed by atoms with Crippen LogP contribution in [0.25, 0.3) is 111 Å². The Kier molecular flexibility index (Phi) is 7.55. The van der Waals surface area contributed by atoms with Crippen molar-refractivity contribution in [3.63, 3.8) is 0 Å². The molecule has 300 valence electrons. The van der Waals surface area contributed by atoms with Crippen LogP contribution in [0.15, 0.2) is 194 Å². The van der Waals surface area contributed by atoms with E-state index in [1.54, 1.807) is 0 Å². The Labute approximate surface area is 369 Å². The molecule has 64 heavy (non-hydrogen) atoms. The van der Waals surface area contributed by atoms with Crippen LogP contribution in [0.4, 0.5) is 5.69 Å². The average molecular weight is 817 g/mol. The maximum atomic E-state index is 5.39. The van der Waals surface area contributed by atoms with Gasteiger partial charge in [-0.05, 0) is 88.3 Å². The smallest absolute Gasteiger partial charge is 0.0953 e. The molecule has 9 aromatic carbocycles. The van der Waals surface area contributed by atoms with Gasteiger partial charge in [0.2, 0.25) is 0 Å². The molecule has 0 bridgehead atoms. The van der Waals surface area contributed by atoms with Gasteiger partial charge in [0, 0.05) is 54.6 Å². The fraction of sp³-hybridized carbons (Fsp3) is 0.0500. The van der Waals surface area contributed by atoms with E-state index in [-0.39, 0.29) is 6.04 Å². The van der Waals surface area contributed by atoms with Gasteiger partial charge >= 0.3 is 0 Å². The van der Waals surface area contributed by atoms with Crippen LogP contribution >= 0.6 is 0 Å². The van der Waals surface area contributed by atoms with E-state index in [0.29, 0.717) is 0 Å². The summed E-state index contributed by atoms with van der Waals surface area (Å²) in [5.41, 5.74) is 16.6. The summed E-state index contributed by atoms with van der Waals surface area (Å²) in [6, 6.07) is 66.6. The quantitative estimate of drug-likeness (QED) is 0.180. The molecule has 0 saturated heterocycles. The van der Waals surface area contributed by atoms with E-state index in [9.17, 15) is 0 Å². The van der Waals surface area contributed by atoms with Gasteiger partial charge in [-0.15, -0.1) is 0 Å². The van der Waals surface area contributed by atoms with Crippen molar-refractivity contribution in [1.82, 2.24) is 14.1 Å². The largest absolute Gasteiger partial charge is 0.372 e. The number of benzene rings is 9. The number of nitrogens with one attached hydrogen (secondary N) is 1. The average Bonchev–Trinajstić information content (AvgIpc) is 3.87. The van der Waals surface area contributed by atoms with Crippen molar-refractivity contribution in [2.45, 2.75) is 18.9 Å². The standard InChI is InChI=1S/C60H40N4/c1-2-16-37(17-3-1)56-47-25-8-12-26-50(47)61-59-48(56)33-30-38-31-34-51(62-58(38)59)57-43-21-4-6-23-45(43)60(46-24-7-5-22-44(46)57)64-54-29-15-11-20-42(54)49-36-39(32-35-55(49)64)63-52-27-13-9-18-40(52)41-19-10-14-28-53(41)63/h1-9,11-18,20-36,51,62H,10,19H2. The number of hydrogen-bond acceptors (Lipinski definition) is 2. The number of aryl methyl sites for hydroxylation is 1. The van der Waals surface area contributed by atoms with Crippen LogP contribution in [0.5, 0.6) is 0 Å². The molecule has 0 fully saturated rings. The summed E-state index contributed by atoms with van der Waals surface area (Å²) in [5, 5.41) is 15.1. The lowest BCUT2D eigenvalue weighted by Crippen LogP contribution is -2.14. The molecule has 2 aliphatic rings. The van der Waals surface area contributed by atoms with E-state index in [2.05, 4.69) is 221 Å². The highest BCUT2D eigenvalue weighted by Crippen LogP contribution is 2.47. The molecular weight excluding hydrogens is 777 g/mol. The first-order valence-corrected chi connectivity index (χ1v) is 22.4. The van der Waals surface area contributed by atoms with Gasteiger partial charge in [-0.3, -0.25) is 0 Å². The minimum Gasteiger partial charge on any atom is -0.372 e. The summed E-state index contributed by atoms with van der Waals surface area (Å²) in [4.78, 5) is 5.39. The number of nitrogens with zero attached hydrogens (tertiary/aromatic N) is 3. The first-order valence-electron chi connectivity index (χ1n) is 22.4. The highest BCUT2D eigenvalue weighted by Gasteiger charge is 2.27. The molecule has 0 saturated carbocycles. The minimum absolute atomic E-state index is 0.104. The van der Waals surface area contributed by atoms with Crippen LogP contribution in [0.3, 0.4) is 0 Å². The van der Waals surface area contributed by atoms with Crippen LogP contribution in [0.1, 0.15) is 34.8 Å². The molecule has 3 aromatic heterocycles.